The van der Waals surface area contributed by atoms with Crippen molar-refractivity contribution < 1.29 is 14.7 Å². The van der Waals surface area contributed by atoms with Crippen molar-refractivity contribution in [2.75, 3.05) is 6.54 Å². The van der Waals surface area contributed by atoms with Gasteiger partial charge in [-0.3, -0.25) is 4.79 Å². The minimum atomic E-state index is -0.912. The van der Waals surface area contributed by atoms with Crippen LogP contribution in [0.5, 0.6) is 0 Å². The SMILES string of the molecule is CC(C)N(Cc1cccs1)C(=O)NCCC(=O)O. The predicted octanol–water partition coefficient (Wildman–Crippen LogP) is 2.14. The molecule has 0 aromatic carbocycles. The molecular formula is C12H18N2O3S. The molecule has 0 aliphatic rings. The van der Waals surface area contributed by atoms with Crippen molar-refractivity contribution in [1.82, 2.24) is 10.2 Å². The second kappa shape index (κ2) is 7.00. The summed E-state index contributed by atoms with van der Waals surface area (Å²) < 4.78 is 0. The summed E-state index contributed by atoms with van der Waals surface area (Å²) in [6, 6.07) is 3.77. The molecule has 2 amide bonds. The summed E-state index contributed by atoms with van der Waals surface area (Å²) in [6.45, 7) is 4.57. The van der Waals surface area contributed by atoms with E-state index in [2.05, 4.69) is 5.32 Å². The highest BCUT2D eigenvalue weighted by Crippen LogP contribution is 2.13. The van der Waals surface area contributed by atoms with Gasteiger partial charge in [-0.05, 0) is 25.3 Å². The molecule has 2 N–H and O–H groups in total. The average Bonchev–Trinajstić information content (AvgIpc) is 2.77. The first-order valence-electron chi connectivity index (χ1n) is 5.79. The van der Waals surface area contributed by atoms with Gasteiger partial charge >= 0.3 is 12.0 Å². The zero-order valence-corrected chi connectivity index (χ0v) is 11.4. The van der Waals surface area contributed by atoms with Gasteiger partial charge in [0.15, 0.2) is 0 Å². The third kappa shape index (κ3) is 4.75. The zero-order valence-electron chi connectivity index (χ0n) is 10.5. The first-order chi connectivity index (χ1) is 8.50. The van der Waals surface area contributed by atoms with Crippen LogP contribution < -0.4 is 5.32 Å². The van der Waals surface area contributed by atoms with Crippen LogP contribution >= 0.6 is 11.3 Å². The number of rotatable bonds is 6. The maximum absolute atomic E-state index is 11.9. The highest BCUT2D eigenvalue weighted by Gasteiger charge is 2.17. The van der Waals surface area contributed by atoms with Gasteiger partial charge in [0.2, 0.25) is 0 Å². The lowest BCUT2D eigenvalue weighted by Gasteiger charge is -2.26. The van der Waals surface area contributed by atoms with Crippen LogP contribution in [0.1, 0.15) is 25.1 Å². The number of aliphatic carboxylic acids is 1. The molecule has 0 spiro atoms. The monoisotopic (exact) mass is 270 g/mol. The Balaban J connectivity index is 2.50. The highest BCUT2D eigenvalue weighted by atomic mass is 32.1. The fraction of sp³-hybridized carbons (Fsp3) is 0.500. The van der Waals surface area contributed by atoms with E-state index in [0.29, 0.717) is 6.54 Å². The summed E-state index contributed by atoms with van der Waals surface area (Å²) in [5, 5.41) is 13.1. The van der Waals surface area contributed by atoms with Crippen molar-refractivity contribution in [1.29, 1.82) is 0 Å². The molecule has 0 radical (unpaired) electrons. The van der Waals surface area contributed by atoms with E-state index in [9.17, 15) is 9.59 Å². The van der Waals surface area contributed by atoms with Crippen molar-refractivity contribution in [2.24, 2.45) is 0 Å². The number of urea groups is 1. The van der Waals surface area contributed by atoms with E-state index >= 15 is 0 Å². The molecule has 0 saturated heterocycles. The first kappa shape index (κ1) is 14.5. The third-order valence-corrected chi connectivity index (χ3v) is 3.27. The highest BCUT2D eigenvalue weighted by molar-refractivity contribution is 7.09. The molecule has 1 aromatic heterocycles. The number of carbonyl (C=O) groups excluding carboxylic acids is 1. The van der Waals surface area contributed by atoms with Crippen LogP contribution in [0.2, 0.25) is 0 Å². The summed E-state index contributed by atoms with van der Waals surface area (Å²) in [4.78, 5) is 25.1. The fourth-order valence-corrected chi connectivity index (χ4v) is 2.14. The molecule has 0 saturated carbocycles. The van der Waals surface area contributed by atoms with E-state index in [0.717, 1.165) is 4.88 Å². The third-order valence-electron chi connectivity index (χ3n) is 2.41. The standard InChI is InChI=1S/C12H18N2O3S/c1-9(2)14(8-10-4-3-7-18-10)12(17)13-6-5-11(15)16/h3-4,7,9H,5-6,8H2,1-2H3,(H,13,17)(H,15,16). The van der Waals surface area contributed by atoms with Crippen LogP contribution in [0.3, 0.4) is 0 Å². The molecular weight excluding hydrogens is 252 g/mol. The first-order valence-corrected chi connectivity index (χ1v) is 6.67. The summed E-state index contributed by atoms with van der Waals surface area (Å²) in [5.41, 5.74) is 0. The van der Waals surface area contributed by atoms with Crippen LogP contribution in [0.15, 0.2) is 17.5 Å². The quantitative estimate of drug-likeness (QED) is 0.832. The summed E-state index contributed by atoms with van der Waals surface area (Å²) >= 11 is 1.60. The predicted molar refractivity (Wildman–Crippen MR) is 70.6 cm³/mol. The molecule has 0 fully saturated rings. The molecule has 18 heavy (non-hydrogen) atoms. The van der Waals surface area contributed by atoms with Crippen molar-refractivity contribution in [3.05, 3.63) is 22.4 Å². The minimum Gasteiger partial charge on any atom is -0.481 e. The van der Waals surface area contributed by atoms with Gasteiger partial charge in [0.05, 0.1) is 13.0 Å². The number of nitrogens with one attached hydrogen (secondary N) is 1. The van der Waals surface area contributed by atoms with Crippen LogP contribution in [0, 0.1) is 0 Å². The van der Waals surface area contributed by atoms with Crippen molar-refractivity contribution >= 4 is 23.3 Å². The lowest BCUT2D eigenvalue weighted by Crippen LogP contribution is -2.43. The lowest BCUT2D eigenvalue weighted by molar-refractivity contribution is -0.136. The van der Waals surface area contributed by atoms with Gasteiger partial charge in [0, 0.05) is 17.5 Å². The largest absolute Gasteiger partial charge is 0.481 e. The Bertz CT molecular complexity index is 390. The van der Waals surface area contributed by atoms with Crippen LogP contribution in [0.4, 0.5) is 4.79 Å². The molecule has 1 aromatic rings. The minimum absolute atomic E-state index is 0.0589. The molecule has 1 rings (SSSR count). The summed E-state index contributed by atoms with van der Waals surface area (Å²) in [7, 11) is 0. The molecule has 5 nitrogen and oxygen atoms in total. The molecule has 0 unspecified atom stereocenters. The number of carboxylic acids is 1. The molecule has 1 heterocycles. The number of nitrogens with zero attached hydrogens (tertiary/aromatic N) is 1. The van der Waals surface area contributed by atoms with Gasteiger partial charge in [-0.2, -0.15) is 0 Å². The van der Waals surface area contributed by atoms with Crippen LogP contribution in [0.25, 0.3) is 0 Å². The Hall–Kier alpha value is -1.56. The van der Waals surface area contributed by atoms with Gasteiger partial charge in [0.1, 0.15) is 0 Å². The van der Waals surface area contributed by atoms with E-state index in [1.165, 1.54) is 0 Å². The number of hydrogen-bond donors (Lipinski definition) is 2. The molecule has 100 valence electrons. The Labute approximate surface area is 110 Å². The molecule has 0 aliphatic heterocycles. The molecule has 6 heteroatoms. The van der Waals surface area contributed by atoms with Gasteiger partial charge in [-0.25, -0.2) is 4.79 Å². The Morgan fingerprint density at radius 1 is 1.50 bits per heavy atom. The maximum atomic E-state index is 11.9. The Morgan fingerprint density at radius 3 is 2.72 bits per heavy atom. The molecule has 0 aliphatic carbocycles. The smallest absolute Gasteiger partial charge is 0.317 e. The van der Waals surface area contributed by atoms with Crippen LogP contribution in [-0.4, -0.2) is 34.6 Å². The fourth-order valence-electron chi connectivity index (χ4n) is 1.44. The topological polar surface area (TPSA) is 69.6 Å². The summed E-state index contributed by atoms with van der Waals surface area (Å²) in [5.74, 6) is -0.912. The maximum Gasteiger partial charge on any atom is 0.317 e. The number of hydrogen-bond acceptors (Lipinski definition) is 3. The van der Waals surface area contributed by atoms with Crippen molar-refractivity contribution in [2.45, 2.75) is 32.9 Å². The van der Waals surface area contributed by atoms with Gasteiger partial charge in [-0.15, -0.1) is 11.3 Å². The number of carbonyl (C=O) groups is 2. The van der Waals surface area contributed by atoms with Gasteiger partial charge in [0.25, 0.3) is 0 Å². The van der Waals surface area contributed by atoms with E-state index in [4.69, 9.17) is 5.11 Å². The summed E-state index contributed by atoms with van der Waals surface area (Å²) in [6.07, 6.45) is -0.0589. The molecule has 0 bridgehead atoms. The zero-order chi connectivity index (χ0) is 13.5. The van der Waals surface area contributed by atoms with Crippen LogP contribution in [-0.2, 0) is 11.3 Å². The Morgan fingerprint density at radius 2 is 2.22 bits per heavy atom. The Kier molecular flexibility index (Phi) is 5.64. The number of amides is 2. The van der Waals surface area contributed by atoms with Crippen molar-refractivity contribution in [3.63, 3.8) is 0 Å². The van der Waals surface area contributed by atoms with E-state index in [1.54, 1.807) is 16.2 Å². The normalized spacial score (nSPS) is 10.4. The van der Waals surface area contributed by atoms with Gasteiger partial charge in [-0.1, -0.05) is 6.07 Å². The molecule has 0 atom stereocenters. The number of thiophene rings is 1. The van der Waals surface area contributed by atoms with E-state index in [-0.39, 0.29) is 25.0 Å². The van der Waals surface area contributed by atoms with Gasteiger partial charge < -0.3 is 15.3 Å². The second-order valence-electron chi connectivity index (χ2n) is 4.18. The number of carboxylic acid groups (broad SMARTS) is 1. The van der Waals surface area contributed by atoms with E-state index in [1.807, 2.05) is 31.4 Å². The van der Waals surface area contributed by atoms with Crippen molar-refractivity contribution in [3.8, 4) is 0 Å². The lowest BCUT2D eigenvalue weighted by atomic mass is 10.3. The van der Waals surface area contributed by atoms with E-state index < -0.39 is 5.97 Å². The second-order valence-corrected chi connectivity index (χ2v) is 5.21. The average molecular weight is 270 g/mol.